The van der Waals surface area contributed by atoms with Crippen LogP contribution in [0.25, 0.3) is 0 Å². The molecule has 1 aromatic rings. The SMILES string of the molecule is CCC1CCCCC12C(N)=NC(=O)N2Cc1ccccc1. The monoisotopic (exact) mass is 285 g/mol. The van der Waals surface area contributed by atoms with E-state index in [9.17, 15) is 4.79 Å². The van der Waals surface area contributed by atoms with Crippen molar-refractivity contribution in [2.45, 2.75) is 51.1 Å². The lowest BCUT2D eigenvalue weighted by Gasteiger charge is -2.46. The minimum atomic E-state index is -0.347. The molecule has 4 heteroatoms. The van der Waals surface area contributed by atoms with Crippen molar-refractivity contribution >= 4 is 11.9 Å². The van der Waals surface area contributed by atoms with Crippen LogP contribution in [-0.4, -0.2) is 22.3 Å². The maximum absolute atomic E-state index is 12.4. The average molecular weight is 285 g/mol. The zero-order valence-corrected chi connectivity index (χ0v) is 12.6. The molecular weight excluding hydrogens is 262 g/mol. The first-order chi connectivity index (χ1) is 10.2. The molecule has 21 heavy (non-hydrogen) atoms. The van der Waals surface area contributed by atoms with Crippen molar-refractivity contribution in [2.24, 2.45) is 16.6 Å². The predicted octanol–water partition coefficient (Wildman–Crippen LogP) is 3.32. The minimum absolute atomic E-state index is 0.170. The molecule has 3 rings (SSSR count). The smallest absolute Gasteiger partial charge is 0.346 e. The number of urea groups is 1. The van der Waals surface area contributed by atoms with E-state index in [2.05, 4.69) is 24.0 Å². The van der Waals surface area contributed by atoms with E-state index in [0.717, 1.165) is 31.2 Å². The van der Waals surface area contributed by atoms with Crippen LogP contribution < -0.4 is 5.73 Å². The van der Waals surface area contributed by atoms with Gasteiger partial charge in [0.15, 0.2) is 0 Å². The molecule has 1 aromatic carbocycles. The second kappa shape index (κ2) is 5.51. The van der Waals surface area contributed by atoms with Crippen LogP contribution in [0.3, 0.4) is 0 Å². The highest BCUT2D eigenvalue weighted by Crippen LogP contribution is 2.44. The third kappa shape index (κ3) is 2.23. The summed E-state index contributed by atoms with van der Waals surface area (Å²) in [6, 6.07) is 9.94. The van der Waals surface area contributed by atoms with Gasteiger partial charge in [0.2, 0.25) is 0 Å². The number of nitrogens with zero attached hydrogens (tertiary/aromatic N) is 2. The average Bonchev–Trinajstić information content (AvgIpc) is 2.74. The highest BCUT2D eigenvalue weighted by Gasteiger charge is 2.53. The van der Waals surface area contributed by atoms with Crippen LogP contribution in [0.2, 0.25) is 0 Å². The summed E-state index contributed by atoms with van der Waals surface area (Å²) in [5.74, 6) is 0.958. The Hall–Kier alpha value is -1.84. The molecule has 4 nitrogen and oxygen atoms in total. The second-order valence-electron chi connectivity index (χ2n) is 6.13. The Bertz CT molecular complexity index is 554. The third-order valence-electron chi connectivity index (χ3n) is 5.08. The fourth-order valence-corrected chi connectivity index (χ4v) is 4.01. The van der Waals surface area contributed by atoms with Crippen LogP contribution in [0.1, 0.15) is 44.6 Å². The summed E-state index contributed by atoms with van der Waals surface area (Å²) in [4.78, 5) is 18.4. The van der Waals surface area contributed by atoms with Gasteiger partial charge >= 0.3 is 6.03 Å². The van der Waals surface area contributed by atoms with Gasteiger partial charge in [-0.1, -0.05) is 56.5 Å². The molecular formula is C17H23N3O. The molecule has 2 amide bonds. The van der Waals surface area contributed by atoms with E-state index < -0.39 is 0 Å². The van der Waals surface area contributed by atoms with Gasteiger partial charge in [-0.3, -0.25) is 0 Å². The Balaban J connectivity index is 1.95. The van der Waals surface area contributed by atoms with Gasteiger partial charge < -0.3 is 10.6 Å². The maximum atomic E-state index is 12.4. The molecule has 1 spiro atoms. The number of benzene rings is 1. The fourth-order valence-electron chi connectivity index (χ4n) is 4.01. The number of hydrogen-bond donors (Lipinski definition) is 1. The molecule has 1 aliphatic heterocycles. The summed E-state index contributed by atoms with van der Waals surface area (Å²) in [5, 5.41) is 0. The van der Waals surface area contributed by atoms with Crippen LogP contribution in [0.4, 0.5) is 4.79 Å². The first-order valence-corrected chi connectivity index (χ1v) is 7.88. The van der Waals surface area contributed by atoms with Crippen molar-refractivity contribution < 1.29 is 4.79 Å². The minimum Gasteiger partial charge on any atom is -0.385 e. The summed E-state index contributed by atoms with van der Waals surface area (Å²) in [5.41, 5.74) is 7.02. The Morgan fingerprint density at radius 2 is 2.10 bits per heavy atom. The molecule has 112 valence electrons. The standard InChI is InChI=1S/C17H23N3O/c1-2-14-10-6-7-11-17(14)15(18)19-16(21)20(17)12-13-8-4-3-5-9-13/h3-5,8-9,14H,2,6-7,10-12H2,1H3,(H2,18,19,21). The van der Waals surface area contributed by atoms with Gasteiger partial charge in [-0.05, 0) is 24.3 Å². The van der Waals surface area contributed by atoms with Crippen molar-refractivity contribution in [2.75, 3.05) is 0 Å². The largest absolute Gasteiger partial charge is 0.385 e. The van der Waals surface area contributed by atoms with Crippen LogP contribution in [0, 0.1) is 5.92 Å². The zero-order valence-electron chi connectivity index (χ0n) is 12.6. The molecule has 0 saturated heterocycles. The zero-order chi connectivity index (χ0) is 14.9. The van der Waals surface area contributed by atoms with E-state index in [0.29, 0.717) is 18.3 Å². The number of aliphatic imine (C=N–C) groups is 1. The van der Waals surface area contributed by atoms with Crippen LogP contribution >= 0.6 is 0 Å². The van der Waals surface area contributed by atoms with Gasteiger partial charge in [-0.15, -0.1) is 0 Å². The summed E-state index contributed by atoms with van der Waals surface area (Å²) in [6.45, 7) is 2.79. The highest BCUT2D eigenvalue weighted by molar-refractivity contribution is 6.06. The molecule has 0 aromatic heterocycles. The molecule has 2 N–H and O–H groups in total. The summed E-state index contributed by atoms with van der Waals surface area (Å²) >= 11 is 0. The Morgan fingerprint density at radius 3 is 2.81 bits per heavy atom. The lowest BCUT2D eigenvalue weighted by molar-refractivity contribution is 0.0864. The Labute approximate surface area is 126 Å². The van der Waals surface area contributed by atoms with Crippen molar-refractivity contribution in [3.63, 3.8) is 0 Å². The molecule has 1 saturated carbocycles. The number of amides is 2. The van der Waals surface area contributed by atoms with Gasteiger partial charge in [-0.2, -0.15) is 4.99 Å². The number of carbonyl (C=O) groups excluding carboxylic acids is 1. The number of hydrogen-bond acceptors (Lipinski definition) is 2. The van der Waals surface area contributed by atoms with E-state index >= 15 is 0 Å². The van der Waals surface area contributed by atoms with Gasteiger partial charge in [0.25, 0.3) is 0 Å². The van der Waals surface area contributed by atoms with Gasteiger partial charge in [0.05, 0.1) is 0 Å². The summed E-state index contributed by atoms with van der Waals surface area (Å²) < 4.78 is 0. The predicted molar refractivity (Wildman–Crippen MR) is 84.0 cm³/mol. The molecule has 2 unspecified atom stereocenters. The van der Waals surface area contributed by atoms with E-state index in [-0.39, 0.29) is 11.6 Å². The van der Waals surface area contributed by atoms with Crippen molar-refractivity contribution in [3.8, 4) is 0 Å². The summed E-state index contributed by atoms with van der Waals surface area (Å²) in [7, 11) is 0. The number of rotatable bonds is 3. The maximum Gasteiger partial charge on any atom is 0.346 e. The number of amidine groups is 1. The normalized spacial score (nSPS) is 29.0. The van der Waals surface area contributed by atoms with Crippen LogP contribution in [0.15, 0.2) is 35.3 Å². The van der Waals surface area contributed by atoms with E-state index in [1.807, 2.05) is 23.1 Å². The van der Waals surface area contributed by atoms with E-state index in [1.54, 1.807) is 0 Å². The van der Waals surface area contributed by atoms with Crippen molar-refractivity contribution in [1.29, 1.82) is 0 Å². The molecule has 1 heterocycles. The molecule has 1 fully saturated rings. The van der Waals surface area contributed by atoms with E-state index in [4.69, 9.17) is 5.73 Å². The molecule has 1 aliphatic carbocycles. The third-order valence-corrected chi connectivity index (χ3v) is 5.08. The topological polar surface area (TPSA) is 58.7 Å². The number of nitrogens with two attached hydrogens (primary N) is 1. The number of carbonyl (C=O) groups is 1. The Kier molecular flexibility index (Phi) is 3.70. The van der Waals surface area contributed by atoms with E-state index in [1.165, 1.54) is 6.42 Å². The van der Waals surface area contributed by atoms with Gasteiger partial charge in [0, 0.05) is 6.54 Å². The lowest BCUT2D eigenvalue weighted by atomic mass is 9.70. The van der Waals surface area contributed by atoms with Gasteiger partial charge in [-0.25, -0.2) is 4.79 Å². The first-order valence-electron chi connectivity index (χ1n) is 7.88. The van der Waals surface area contributed by atoms with Crippen LogP contribution in [0.5, 0.6) is 0 Å². The highest BCUT2D eigenvalue weighted by atomic mass is 16.2. The first kappa shape index (κ1) is 14.1. The quantitative estimate of drug-likeness (QED) is 0.926. The fraction of sp³-hybridized carbons (Fsp3) is 0.529. The molecule has 0 bridgehead atoms. The molecule has 2 aliphatic rings. The Morgan fingerprint density at radius 1 is 1.33 bits per heavy atom. The molecule has 2 atom stereocenters. The second-order valence-corrected chi connectivity index (χ2v) is 6.13. The van der Waals surface area contributed by atoms with Crippen molar-refractivity contribution in [1.82, 2.24) is 4.90 Å². The van der Waals surface area contributed by atoms with Crippen LogP contribution in [-0.2, 0) is 6.54 Å². The lowest BCUT2D eigenvalue weighted by Crippen LogP contribution is -2.59. The van der Waals surface area contributed by atoms with Crippen molar-refractivity contribution in [3.05, 3.63) is 35.9 Å². The summed E-state index contributed by atoms with van der Waals surface area (Å²) in [6.07, 6.45) is 5.45. The molecule has 0 radical (unpaired) electrons. The van der Waals surface area contributed by atoms with Gasteiger partial charge in [0.1, 0.15) is 11.4 Å².